The van der Waals surface area contributed by atoms with Gasteiger partial charge in [0.25, 0.3) is 0 Å². The second kappa shape index (κ2) is 4.99. The molecule has 4 rings (SSSR count). The van der Waals surface area contributed by atoms with Crippen LogP contribution >= 0.6 is 0 Å². The molecule has 3 aliphatic heterocycles. The molecule has 0 aliphatic carbocycles. The quantitative estimate of drug-likeness (QED) is 0.859. The molecule has 1 aromatic carbocycles. The maximum atomic E-state index is 6.59. The topological polar surface area (TPSA) is 24.5 Å². The van der Waals surface area contributed by atoms with Crippen molar-refractivity contribution in [2.75, 3.05) is 26.2 Å². The summed E-state index contributed by atoms with van der Waals surface area (Å²) in [6, 6.07) is 5.14. The van der Waals surface area contributed by atoms with Crippen molar-refractivity contribution in [3.8, 4) is 5.75 Å². The van der Waals surface area contributed by atoms with Gasteiger partial charge in [0.05, 0.1) is 0 Å². The predicted octanol–water partition coefficient (Wildman–Crippen LogP) is 2.95. The number of ether oxygens (including phenoxy) is 1. The number of rotatable bonds is 1. The van der Waals surface area contributed by atoms with Gasteiger partial charge in [-0.3, -0.25) is 4.90 Å². The highest BCUT2D eigenvalue weighted by Gasteiger charge is 2.45. The van der Waals surface area contributed by atoms with Gasteiger partial charge in [-0.25, -0.2) is 0 Å². The first-order chi connectivity index (χ1) is 10.2. The molecule has 2 atom stereocenters. The van der Waals surface area contributed by atoms with Crippen LogP contribution in [0.1, 0.15) is 48.4 Å². The molecule has 1 spiro atoms. The molecule has 3 heteroatoms. The van der Waals surface area contributed by atoms with E-state index in [1.807, 2.05) is 0 Å². The second-order valence-electron chi connectivity index (χ2n) is 7.10. The first-order valence-electron chi connectivity index (χ1n) is 8.42. The first-order valence-corrected chi connectivity index (χ1v) is 8.42. The number of fused-ring (bicyclic) bond motifs is 1. The van der Waals surface area contributed by atoms with Gasteiger partial charge >= 0.3 is 0 Å². The molecule has 0 aromatic heterocycles. The standard InChI is InChI=1S/C18H26N2O/c1-13-5-6-15-16(20-9-3-4-10-20)11-18(7-8-19-12-18)21-17(15)14(13)2/h5-6,16,19H,3-4,7-12H2,1-2H3. The van der Waals surface area contributed by atoms with Gasteiger partial charge < -0.3 is 10.1 Å². The van der Waals surface area contributed by atoms with Crippen LogP contribution in [0.4, 0.5) is 0 Å². The minimum atomic E-state index is 0.0266. The fourth-order valence-corrected chi connectivity index (χ4v) is 4.29. The van der Waals surface area contributed by atoms with Gasteiger partial charge in [-0.1, -0.05) is 12.1 Å². The third-order valence-electron chi connectivity index (χ3n) is 5.74. The maximum absolute atomic E-state index is 6.59. The van der Waals surface area contributed by atoms with Crippen molar-refractivity contribution in [1.29, 1.82) is 0 Å². The van der Waals surface area contributed by atoms with Crippen molar-refractivity contribution in [3.05, 3.63) is 28.8 Å². The number of nitrogens with zero attached hydrogens (tertiary/aromatic N) is 1. The maximum Gasteiger partial charge on any atom is 0.128 e. The summed E-state index contributed by atoms with van der Waals surface area (Å²) in [4.78, 5) is 2.69. The Morgan fingerprint density at radius 1 is 1.24 bits per heavy atom. The van der Waals surface area contributed by atoms with E-state index in [2.05, 4.69) is 36.2 Å². The molecule has 1 N–H and O–H groups in total. The number of hydrogen-bond acceptors (Lipinski definition) is 3. The molecule has 2 fully saturated rings. The summed E-state index contributed by atoms with van der Waals surface area (Å²) in [5, 5.41) is 3.52. The van der Waals surface area contributed by atoms with E-state index in [4.69, 9.17) is 4.74 Å². The van der Waals surface area contributed by atoms with Gasteiger partial charge in [0.15, 0.2) is 0 Å². The number of likely N-dealkylation sites (tertiary alicyclic amines) is 1. The highest BCUT2D eigenvalue weighted by atomic mass is 16.5. The van der Waals surface area contributed by atoms with Crippen LogP contribution in [-0.2, 0) is 0 Å². The van der Waals surface area contributed by atoms with Crippen molar-refractivity contribution in [2.45, 2.75) is 51.2 Å². The average Bonchev–Trinajstić information content (AvgIpc) is 3.15. The van der Waals surface area contributed by atoms with Gasteiger partial charge in [0.1, 0.15) is 11.4 Å². The lowest BCUT2D eigenvalue weighted by molar-refractivity contribution is 0.0220. The Labute approximate surface area is 127 Å². The molecule has 2 unspecified atom stereocenters. The van der Waals surface area contributed by atoms with E-state index in [-0.39, 0.29) is 5.60 Å². The molecule has 0 saturated carbocycles. The largest absolute Gasteiger partial charge is 0.485 e. The average molecular weight is 286 g/mol. The summed E-state index contributed by atoms with van der Waals surface area (Å²) in [5.74, 6) is 1.18. The minimum Gasteiger partial charge on any atom is -0.485 e. The molecule has 114 valence electrons. The SMILES string of the molecule is Cc1ccc2c(c1C)OC1(CCNC1)CC2N1CCCC1. The van der Waals surface area contributed by atoms with Crippen molar-refractivity contribution in [1.82, 2.24) is 10.2 Å². The molecule has 2 saturated heterocycles. The molecule has 0 radical (unpaired) electrons. The molecule has 3 nitrogen and oxygen atoms in total. The third-order valence-corrected chi connectivity index (χ3v) is 5.74. The highest BCUT2D eigenvalue weighted by molar-refractivity contribution is 5.49. The lowest BCUT2D eigenvalue weighted by atomic mass is 9.84. The van der Waals surface area contributed by atoms with Gasteiger partial charge in [-0.05, 0) is 57.5 Å². The van der Waals surface area contributed by atoms with E-state index >= 15 is 0 Å². The van der Waals surface area contributed by atoms with Crippen LogP contribution in [-0.4, -0.2) is 36.7 Å². The van der Waals surface area contributed by atoms with E-state index in [0.29, 0.717) is 6.04 Å². The van der Waals surface area contributed by atoms with Crippen molar-refractivity contribution >= 4 is 0 Å². The Kier molecular flexibility index (Phi) is 3.23. The number of hydrogen-bond donors (Lipinski definition) is 1. The molecule has 21 heavy (non-hydrogen) atoms. The molecular weight excluding hydrogens is 260 g/mol. The van der Waals surface area contributed by atoms with Crippen LogP contribution in [0.25, 0.3) is 0 Å². The molecule has 3 heterocycles. The van der Waals surface area contributed by atoms with Gasteiger partial charge in [0.2, 0.25) is 0 Å². The fraction of sp³-hybridized carbons (Fsp3) is 0.667. The second-order valence-corrected chi connectivity index (χ2v) is 7.10. The lowest BCUT2D eigenvalue weighted by Gasteiger charge is -2.43. The predicted molar refractivity (Wildman–Crippen MR) is 84.9 cm³/mol. The van der Waals surface area contributed by atoms with Crippen LogP contribution < -0.4 is 10.1 Å². The highest BCUT2D eigenvalue weighted by Crippen LogP contribution is 2.47. The van der Waals surface area contributed by atoms with E-state index in [1.54, 1.807) is 0 Å². The molecule has 1 aromatic rings. The Bertz CT molecular complexity index is 542. The molecular formula is C18H26N2O. The number of aryl methyl sites for hydroxylation is 1. The molecule has 0 bridgehead atoms. The summed E-state index contributed by atoms with van der Waals surface area (Å²) < 4.78 is 6.59. The Hall–Kier alpha value is -1.06. The summed E-state index contributed by atoms with van der Waals surface area (Å²) in [6.45, 7) is 9.01. The summed E-state index contributed by atoms with van der Waals surface area (Å²) >= 11 is 0. The fourth-order valence-electron chi connectivity index (χ4n) is 4.29. The molecule has 0 amide bonds. The van der Waals surface area contributed by atoms with E-state index in [1.165, 1.54) is 48.4 Å². The zero-order valence-electron chi connectivity index (χ0n) is 13.2. The zero-order chi connectivity index (χ0) is 14.4. The van der Waals surface area contributed by atoms with Gasteiger partial charge in [-0.2, -0.15) is 0 Å². The van der Waals surface area contributed by atoms with Crippen LogP contribution in [0.3, 0.4) is 0 Å². The molecule has 3 aliphatic rings. The summed E-state index contributed by atoms with van der Waals surface area (Å²) in [7, 11) is 0. The van der Waals surface area contributed by atoms with Crippen molar-refractivity contribution in [2.24, 2.45) is 0 Å². The summed E-state index contributed by atoms with van der Waals surface area (Å²) in [5.41, 5.74) is 4.14. The van der Waals surface area contributed by atoms with E-state index in [0.717, 1.165) is 25.9 Å². The Morgan fingerprint density at radius 3 is 2.76 bits per heavy atom. The van der Waals surface area contributed by atoms with E-state index in [9.17, 15) is 0 Å². The number of benzene rings is 1. The normalized spacial score (nSPS) is 32.4. The third kappa shape index (κ3) is 2.18. The van der Waals surface area contributed by atoms with Crippen LogP contribution in [0.5, 0.6) is 5.75 Å². The van der Waals surface area contributed by atoms with Crippen LogP contribution in [0.15, 0.2) is 12.1 Å². The Balaban J connectivity index is 1.78. The smallest absolute Gasteiger partial charge is 0.128 e. The van der Waals surface area contributed by atoms with Crippen LogP contribution in [0, 0.1) is 13.8 Å². The van der Waals surface area contributed by atoms with Gasteiger partial charge in [-0.15, -0.1) is 0 Å². The van der Waals surface area contributed by atoms with Crippen molar-refractivity contribution < 1.29 is 4.74 Å². The van der Waals surface area contributed by atoms with Crippen LogP contribution in [0.2, 0.25) is 0 Å². The van der Waals surface area contributed by atoms with Crippen molar-refractivity contribution in [3.63, 3.8) is 0 Å². The minimum absolute atomic E-state index is 0.0266. The van der Waals surface area contributed by atoms with Gasteiger partial charge in [0, 0.05) is 31.0 Å². The monoisotopic (exact) mass is 286 g/mol. The van der Waals surface area contributed by atoms with E-state index < -0.39 is 0 Å². The lowest BCUT2D eigenvalue weighted by Crippen LogP contribution is -2.46. The number of nitrogens with one attached hydrogen (secondary N) is 1. The first kappa shape index (κ1) is 13.6. The summed E-state index contributed by atoms with van der Waals surface area (Å²) in [6.07, 6.45) is 4.99. The Morgan fingerprint density at radius 2 is 2.05 bits per heavy atom. The zero-order valence-corrected chi connectivity index (χ0v) is 13.2.